The number of anilines is 1. The predicted molar refractivity (Wildman–Crippen MR) is 72.5 cm³/mol. The van der Waals surface area contributed by atoms with E-state index in [0.717, 1.165) is 11.1 Å². The molecule has 0 atom stereocenters. The molecule has 0 unspecified atom stereocenters. The summed E-state index contributed by atoms with van der Waals surface area (Å²) in [6.45, 7) is 2.54. The molecule has 0 saturated heterocycles. The van der Waals surface area contributed by atoms with Crippen LogP contribution in [0.5, 0.6) is 5.75 Å². The Labute approximate surface area is 111 Å². The summed E-state index contributed by atoms with van der Waals surface area (Å²) in [5, 5.41) is 0. The van der Waals surface area contributed by atoms with Crippen LogP contribution >= 0.6 is 0 Å². The number of rotatable bonds is 2. The summed E-state index contributed by atoms with van der Waals surface area (Å²) in [6, 6.07) is 9.42. The average molecular weight is 254 g/mol. The molecule has 1 amide bonds. The SMILES string of the molecule is COc1ccc2c(c1)C(=O)N(c1ccc(C)cn1)C2. The van der Waals surface area contributed by atoms with Gasteiger partial charge in [-0.2, -0.15) is 0 Å². The van der Waals surface area contributed by atoms with Crippen LogP contribution in [0.15, 0.2) is 36.5 Å². The second kappa shape index (κ2) is 4.39. The van der Waals surface area contributed by atoms with Crippen LogP contribution in [0.25, 0.3) is 0 Å². The van der Waals surface area contributed by atoms with Crippen LogP contribution in [-0.2, 0) is 6.54 Å². The molecule has 0 bridgehead atoms. The van der Waals surface area contributed by atoms with Gasteiger partial charge in [-0.15, -0.1) is 0 Å². The molecule has 1 aromatic carbocycles. The van der Waals surface area contributed by atoms with E-state index < -0.39 is 0 Å². The van der Waals surface area contributed by atoms with E-state index in [1.165, 1.54) is 0 Å². The molecule has 0 radical (unpaired) electrons. The average Bonchev–Trinajstić information content (AvgIpc) is 2.76. The zero-order chi connectivity index (χ0) is 13.4. The number of carbonyl (C=O) groups is 1. The Morgan fingerprint density at radius 1 is 1.26 bits per heavy atom. The molecule has 2 aromatic rings. The highest BCUT2D eigenvalue weighted by atomic mass is 16.5. The highest BCUT2D eigenvalue weighted by Crippen LogP contribution is 2.29. The number of hydrogen-bond donors (Lipinski definition) is 0. The molecule has 19 heavy (non-hydrogen) atoms. The zero-order valence-corrected chi connectivity index (χ0v) is 10.9. The number of amides is 1. The summed E-state index contributed by atoms with van der Waals surface area (Å²) in [5.74, 6) is 1.36. The Morgan fingerprint density at radius 2 is 2.11 bits per heavy atom. The monoisotopic (exact) mass is 254 g/mol. The Kier molecular flexibility index (Phi) is 2.71. The Balaban J connectivity index is 1.97. The minimum absolute atomic E-state index is 0.0229. The highest BCUT2D eigenvalue weighted by molar-refractivity contribution is 6.09. The molecule has 4 nitrogen and oxygen atoms in total. The van der Waals surface area contributed by atoms with Crippen LogP contribution in [-0.4, -0.2) is 18.0 Å². The van der Waals surface area contributed by atoms with Crippen molar-refractivity contribution in [3.63, 3.8) is 0 Å². The summed E-state index contributed by atoms with van der Waals surface area (Å²) in [7, 11) is 1.60. The van der Waals surface area contributed by atoms with Gasteiger partial charge in [-0.05, 0) is 36.2 Å². The van der Waals surface area contributed by atoms with Crippen molar-refractivity contribution in [3.8, 4) is 5.75 Å². The maximum Gasteiger partial charge on any atom is 0.260 e. The van der Waals surface area contributed by atoms with E-state index in [0.29, 0.717) is 23.7 Å². The van der Waals surface area contributed by atoms with E-state index in [4.69, 9.17) is 4.74 Å². The summed E-state index contributed by atoms with van der Waals surface area (Å²) in [6.07, 6.45) is 1.77. The molecular weight excluding hydrogens is 240 g/mol. The maximum absolute atomic E-state index is 12.4. The first-order valence-electron chi connectivity index (χ1n) is 6.10. The second-order valence-corrected chi connectivity index (χ2v) is 4.61. The van der Waals surface area contributed by atoms with Crippen molar-refractivity contribution >= 4 is 11.7 Å². The van der Waals surface area contributed by atoms with E-state index in [2.05, 4.69) is 4.98 Å². The minimum atomic E-state index is -0.0229. The third kappa shape index (κ3) is 1.95. The van der Waals surface area contributed by atoms with Gasteiger partial charge in [0, 0.05) is 11.8 Å². The standard InChI is InChI=1S/C15H14N2O2/c1-10-3-6-14(16-8-10)17-9-11-4-5-12(19-2)7-13(11)15(17)18/h3-8H,9H2,1-2H3. The highest BCUT2D eigenvalue weighted by Gasteiger charge is 2.29. The minimum Gasteiger partial charge on any atom is -0.497 e. The van der Waals surface area contributed by atoms with Gasteiger partial charge in [0.25, 0.3) is 5.91 Å². The Bertz CT molecular complexity index is 635. The number of benzene rings is 1. The third-order valence-corrected chi connectivity index (χ3v) is 3.29. The molecule has 0 aliphatic carbocycles. The number of fused-ring (bicyclic) bond motifs is 1. The molecule has 2 heterocycles. The molecule has 0 saturated carbocycles. The molecule has 3 rings (SSSR count). The van der Waals surface area contributed by atoms with Gasteiger partial charge in [0.2, 0.25) is 0 Å². The van der Waals surface area contributed by atoms with Gasteiger partial charge in [-0.1, -0.05) is 12.1 Å². The summed E-state index contributed by atoms with van der Waals surface area (Å²) in [5.41, 5.74) is 2.78. The van der Waals surface area contributed by atoms with E-state index in [-0.39, 0.29) is 5.91 Å². The zero-order valence-electron chi connectivity index (χ0n) is 10.9. The number of ether oxygens (including phenoxy) is 1. The van der Waals surface area contributed by atoms with Gasteiger partial charge in [0.1, 0.15) is 11.6 Å². The normalized spacial score (nSPS) is 13.6. The lowest BCUT2D eigenvalue weighted by molar-refractivity contribution is 0.0995. The van der Waals surface area contributed by atoms with Gasteiger partial charge in [0.15, 0.2) is 0 Å². The van der Waals surface area contributed by atoms with Crippen molar-refractivity contribution in [2.75, 3.05) is 12.0 Å². The van der Waals surface area contributed by atoms with Crippen LogP contribution in [0.3, 0.4) is 0 Å². The quantitative estimate of drug-likeness (QED) is 0.827. The van der Waals surface area contributed by atoms with Crippen molar-refractivity contribution in [3.05, 3.63) is 53.2 Å². The number of carbonyl (C=O) groups excluding carboxylic acids is 1. The summed E-state index contributed by atoms with van der Waals surface area (Å²) < 4.78 is 5.16. The largest absolute Gasteiger partial charge is 0.497 e. The number of nitrogens with zero attached hydrogens (tertiary/aromatic N) is 2. The van der Waals surface area contributed by atoms with E-state index in [1.807, 2.05) is 31.2 Å². The lowest BCUT2D eigenvalue weighted by Gasteiger charge is -2.14. The van der Waals surface area contributed by atoms with Crippen molar-refractivity contribution < 1.29 is 9.53 Å². The number of methoxy groups -OCH3 is 1. The van der Waals surface area contributed by atoms with Crippen LogP contribution in [0, 0.1) is 6.92 Å². The first kappa shape index (κ1) is 11.7. The van der Waals surface area contributed by atoms with Gasteiger partial charge in [0.05, 0.1) is 13.7 Å². The van der Waals surface area contributed by atoms with Gasteiger partial charge >= 0.3 is 0 Å². The number of hydrogen-bond acceptors (Lipinski definition) is 3. The van der Waals surface area contributed by atoms with E-state index in [1.54, 1.807) is 24.3 Å². The molecule has 1 aliphatic rings. The number of aromatic nitrogens is 1. The van der Waals surface area contributed by atoms with Crippen LogP contribution in [0.4, 0.5) is 5.82 Å². The molecule has 4 heteroatoms. The number of aryl methyl sites for hydroxylation is 1. The molecule has 0 spiro atoms. The smallest absolute Gasteiger partial charge is 0.260 e. The van der Waals surface area contributed by atoms with Gasteiger partial charge < -0.3 is 4.74 Å². The fourth-order valence-corrected chi connectivity index (χ4v) is 2.21. The van der Waals surface area contributed by atoms with Crippen LogP contribution < -0.4 is 9.64 Å². The van der Waals surface area contributed by atoms with Crippen molar-refractivity contribution in [2.24, 2.45) is 0 Å². The molecule has 0 N–H and O–H groups in total. The van der Waals surface area contributed by atoms with Crippen molar-refractivity contribution in [2.45, 2.75) is 13.5 Å². The number of pyridine rings is 1. The maximum atomic E-state index is 12.4. The fraction of sp³-hybridized carbons (Fsp3) is 0.200. The van der Waals surface area contributed by atoms with E-state index in [9.17, 15) is 4.79 Å². The topological polar surface area (TPSA) is 42.4 Å². The lowest BCUT2D eigenvalue weighted by Crippen LogP contribution is -2.23. The molecular formula is C15H14N2O2. The van der Waals surface area contributed by atoms with Crippen LogP contribution in [0.2, 0.25) is 0 Å². The Morgan fingerprint density at radius 3 is 2.79 bits per heavy atom. The first-order valence-corrected chi connectivity index (χ1v) is 6.10. The third-order valence-electron chi connectivity index (χ3n) is 3.29. The summed E-state index contributed by atoms with van der Waals surface area (Å²) >= 11 is 0. The fourth-order valence-electron chi connectivity index (χ4n) is 2.21. The van der Waals surface area contributed by atoms with Crippen molar-refractivity contribution in [1.82, 2.24) is 4.98 Å². The van der Waals surface area contributed by atoms with Gasteiger partial charge in [-0.3, -0.25) is 9.69 Å². The molecule has 1 aromatic heterocycles. The van der Waals surface area contributed by atoms with Crippen molar-refractivity contribution in [1.29, 1.82) is 0 Å². The first-order chi connectivity index (χ1) is 9.19. The predicted octanol–water partition coefficient (Wildman–Crippen LogP) is 2.56. The van der Waals surface area contributed by atoms with Gasteiger partial charge in [-0.25, -0.2) is 4.98 Å². The second-order valence-electron chi connectivity index (χ2n) is 4.61. The lowest BCUT2D eigenvalue weighted by atomic mass is 10.1. The molecule has 1 aliphatic heterocycles. The summed E-state index contributed by atoms with van der Waals surface area (Å²) in [4.78, 5) is 18.4. The Hall–Kier alpha value is -2.36. The van der Waals surface area contributed by atoms with Crippen LogP contribution in [0.1, 0.15) is 21.5 Å². The molecule has 96 valence electrons. The van der Waals surface area contributed by atoms with E-state index >= 15 is 0 Å². The molecule has 0 fully saturated rings.